The quantitative estimate of drug-likeness (QED) is 0.821. The third kappa shape index (κ3) is 2.53. The Bertz CT molecular complexity index is 517. The lowest BCUT2D eigenvalue weighted by Gasteiger charge is -1.96. The average molecular weight is 230 g/mol. The molecule has 0 aliphatic heterocycles. The molecule has 0 unspecified atom stereocenters. The summed E-state index contributed by atoms with van der Waals surface area (Å²) < 4.78 is 4.61. The molecule has 0 spiro atoms. The molecule has 1 aromatic heterocycles. The average Bonchev–Trinajstić information content (AvgIpc) is 2.71. The van der Waals surface area contributed by atoms with Crippen LogP contribution in [0, 0.1) is 6.92 Å². The van der Waals surface area contributed by atoms with Crippen molar-refractivity contribution in [2.75, 3.05) is 7.11 Å². The number of aryl methyl sites for hydroxylation is 1. The van der Waals surface area contributed by atoms with E-state index in [1.807, 2.05) is 37.3 Å². The van der Waals surface area contributed by atoms with E-state index in [1.54, 1.807) is 0 Å². The van der Waals surface area contributed by atoms with Gasteiger partial charge in [0.15, 0.2) is 0 Å². The van der Waals surface area contributed by atoms with Crippen molar-refractivity contribution in [1.29, 1.82) is 0 Å². The molecule has 0 atom stereocenters. The summed E-state index contributed by atoms with van der Waals surface area (Å²) in [5, 5.41) is 0. The Morgan fingerprint density at radius 1 is 1.35 bits per heavy atom. The lowest BCUT2D eigenvalue weighted by atomic mass is 10.1. The van der Waals surface area contributed by atoms with Crippen LogP contribution in [0.4, 0.5) is 0 Å². The minimum absolute atomic E-state index is 0.171. The first-order valence-electron chi connectivity index (χ1n) is 5.38. The number of esters is 1. The Morgan fingerprint density at radius 2 is 2.06 bits per heavy atom. The second-order valence-electron chi connectivity index (χ2n) is 3.78. The predicted molar refractivity (Wildman–Crippen MR) is 64.5 cm³/mol. The predicted octanol–water partition coefficient (Wildman–Crippen LogP) is 2.10. The van der Waals surface area contributed by atoms with Crippen LogP contribution in [0.2, 0.25) is 0 Å². The van der Waals surface area contributed by atoms with E-state index < -0.39 is 0 Å². The topological polar surface area (TPSA) is 55.0 Å². The second-order valence-corrected chi connectivity index (χ2v) is 3.78. The maximum atomic E-state index is 11.2. The number of ether oxygens (including phenoxy) is 1. The lowest BCUT2D eigenvalue weighted by Crippen LogP contribution is -2.05. The number of rotatable bonds is 3. The summed E-state index contributed by atoms with van der Waals surface area (Å²) in [6, 6.07) is 9.86. The number of imidazole rings is 1. The molecule has 0 aliphatic rings. The van der Waals surface area contributed by atoms with Crippen molar-refractivity contribution in [1.82, 2.24) is 9.97 Å². The zero-order valence-electron chi connectivity index (χ0n) is 9.86. The van der Waals surface area contributed by atoms with Crippen molar-refractivity contribution < 1.29 is 9.53 Å². The standard InChI is InChI=1S/C13H14N2O2/c1-9-13(10-6-4-3-5-7-10)15-11(14-9)8-12(16)17-2/h3-7H,8H2,1-2H3,(H,14,15). The molecule has 17 heavy (non-hydrogen) atoms. The monoisotopic (exact) mass is 230 g/mol. The van der Waals surface area contributed by atoms with Crippen LogP contribution >= 0.6 is 0 Å². The molecule has 0 bridgehead atoms. The molecule has 0 fully saturated rings. The molecule has 0 radical (unpaired) electrons. The summed E-state index contributed by atoms with van der Waals surface area (Å²) in [7, 11) is 1.37. The first kappa shape index (κ1) is 11.4. The van der Waals surface area contributed by atoms with Gasteiger partial charge >= 0.3 is 5.97 Å². The second kappa shape index (κ2) is 4.82. The molecule has 1 aromatic carbocycles. The fourth-order valence-electron chi connectivity index (χ4n) is 1.69. The maximum absolute atomic E-state index is 11.2. The number of carbonyl (C=O) groups excluding carboxylic acids is 1. The van der Waals surface area contributed by atoms with Gasteiger partial charge in [-0.15, -0.1) is 0 Å². The first-order chi connectivity index (χ1) is 8.20. The number of nitrogens with zero attached hydrogens (tertiary/aromatic N) is 1. The number of hydrogen-bond acceptors (Lipinski definition) is 3. The molecule has 0 saturated carbocycles. The van der Waals surface area contributed by atoms with E-state index in [9.17, 15) is 4.79 Å². The number of H-pyrrole nitrogens is 1. The maximum Gasteiger partial charge on any atom is 0.313 e. The van der Waals surface area contributed by atoms with Crippen LogP contribution in [0.5, 0.6) is 0 Å². The van der Waals surface area contributed by atoms with Crippen LogP contribution in [-0.4, -0.2) is 23.0 Å². The molecular formula is C13H14N2O2. The van der Waals surface area contributed by atoms with Gasteiger partial charge in [-0.2, -0.15) is 0 Å². The summed E-state index contributed by atoms with van der Waals surface area (Å²) in [5.41, 5.74) is 2.87. The fraction of sp³-hybridized carbons (Fsp3) is 0.231. The first-order valence-corrected chi connectivity index (χ1v) is 5.38. The Morgan fingerprint density at radius 3 is 2.71 bits per heavy atom. The summed E-state index contributed by atoms with van der Waals surface area (Å²) >= 11 is 0. The Hall–Kier alpha value is -2.10. The zero-order valence-corrected chi connectivity index (χ0v) is 9.86. The molecule has 0 amide bonds. The smallest absolute Gasteiger partial charge is 0.313 e. The van der Waals surface area contributed by atoms with Crippen molar-refractivity contribution in [2.24, 2.45) is 0 Å². The highest BCUT2D eigenvalue weighted by atomic mass is 16.5. The summed E-state index contributed by atoms with van der Waals surface area (Å²) in [4.78, 5) is 18.7. The van der Waals surface area contributed by atoms with Crippen LogP contribution < -0.4 is 0 Å². The molecule has 4 nitrogen and oxygen atoms in total. The van der Waals surface area contributed by atoms with E-state index in [0.717, 1.165) is 17.0 Å². The fourth-order valence-corrected chi connectivity index (χ4v) is 1.69. The molecule has 2 rings (SSSR count). The van der Waals surface area contributed by atoms with Gasteiger partial charge in [-0.25, -0.2) is 4.98 Å². The van der Waals surface area contributed by atoms with Crippen LogP contribution in [0.25, 0.3) is 11.3 Å². The highest BCUT2D eigenvalue weighted by Crippen LogP contribution is 2.20. The number of methoxy groups -OCH3 is 1. The number of nitrogens with one attached hydrogen (secondary N) is 1. The minimum atomic E-state index is -0.293. The van der Waals surface area contributed by atoms with Crippen LogP contribution in [0.1, 0.15) is 11.5 Å². The largest absolute Gasteiger partial charge is 0.469 e. The van der Waals surface area contributed by atoms with E-state index in [1.165, 1.54) is 7.11 Å². The number of hydrogen-bond donors (Lipinski definition) is 1. The van der Waals surface area contributed by atoms with Crippen molar-refractivity contribution in [3.63, 3.8) is 0 Å². The molecule has 0 aliphatic carbocycles. The van der Waals surface area contributed by atoms with Crippen molar-refractivity contribution >= 4 is 5.97 Å². The molecule has 4 heteroatoms. The van der Waals surface area contributed by atoms with Gasteiger partial charge in [0.2, 0.25) is 0 Å². The number of benzene rings is 1. The summed E-state index contributed by atoms with van der Waals surface area (Å²) in [6.45, 7) is 1.94. The van der Waals surface area contributed by atoms with Crippen molar-refractivity contribution in [3.8, 4) is 11.3 Å². The molecule has 2 aromatic rings. The Balaban J connectivity index is 2.28. The van der Waals surface area contributed by atoms with Gasteiger partial charge in [-0.3, -0.25) is 4.79 Å². The number of aromatic amines is 1. The van der Waals surface area contributed by atoms with Crippen LogP contribution in [0.15, 0.2) is 30.3 Å². The third-order valence-corrected chi connectivity index (χ3v) is 2.52. The van der Waals surface area contributed by atoms with Gasteiger partial charge in [-0.05, 0) is 6.92 Å². The van der Waals surface area contributed by atoms with Crippen LogP contribution in [0.3, 0.4) is 0 Å². The van der Waals surface area contributed by atoms with Crippen LogP contribution in [-0.2, 0) is 16.0 Å². The molecule has 1 heterocycles. The third-order valence-electron chi connectivity index (χ3n) is 2.52. The molecule has 88 valence electrons. The Kier molecular flexibility index (Phi) is 3.23. The highest BCUT2D eigenvalue weighted by Gasteiger charge is 2.11. The normalized spacial score (nSPS) is 10.2. The minimum Gasteiger partial charge on any atom is -0.469 e. The summed E-state index contributed by atoms with van der Waals surface area (Å²) in [6.07, 6.45) is 0.171. The van der Waals surface area contributed by atoms with E-state index in [2.05, 4.69) is 14.7 Å². The van der Waals surface area contributed by atoms with E-state index in [-0.39, 0.29) is 12.4 Å². The van der Waals surface area contributed by atoms with Crippen molar-refractivity contribution in [3.05, 3.63) is 41.9 Å². The van der Waals surface area contributed by atoms with Crippen molar-refractivity contribution in [2.45, 2.75) is 13.3 Å². The summed E-state index contributed by atoms with van der Waals surface area (Å²) in [5.74, 6) is 0.339. The van der Waals surface area contributed by atoms with Gasteiger partial charge in [0.05, 0.1) is 12.8 Å². The Labute approximate surface area is 99.7 Å². The van der Waals surface area contributed by atoms with Gasteiger partial charge in [0, 0.05) is 11.3 Å². The molecular weight excluding hydrogens is 216 g/mol. The highest BCUT2D eigenvalue weighted by molar-refractivity contribution is 5.72. The SMILES string of the molecule is COC(=O)Cc1nc(-c2ccccc2)c(C)[nH]1. The lowest BCUT2D eigenvalue weighted by molar-refractivity contribution is -0.139. The van der Waals surface area contributed by atoms with Gasteiger partial charge in [0.1, 0.15) is 12.2 Å². The van der Waals surface area contributed by atoms with Gasteiger partial charge in [-0.1, -0.05) is 30.3 Å². The molecule has 0 saturated heterocycles. The van der Waals surface area contributed by atoms with E-state index in [0.29, 0.717) is 5.82 Å². The van der Waals surface area contributed by atoms with Gasteiger partial charge in [0.25, 0.3) is 0 Å². The number of aromatic nitrogens is 2. The van der Waals surface area contributed by atoms with Gasteiger partial charge < -0.3 is 9.72 Å². The molecule has 1 N–H and O–H groups in total. The zero-order chi connectivity index (χ0) is 12.3. The van der Waals surface area contributed by atoms with E-state index in [4.69, 9.17) is 0 Å². The van der Waals surface area contributed by atoms with E-state index >= 15 is 0 Å². The number of carbonyl (C=O) groups is 1.